The molecule has 2 N–H and O–H groups in total. The second-order valence-electron chi connectivity index (χ2n) is 5.70. The molecule has 1 aromatic heterocycles. The molecule has 0 atom stereocenters. The van der Waals surface area contributed by atoms with Gasteiger partial charge in [0, 0.05) is 16.6 Å². The van der Waals surface area contributed by atoms with Crippen LogP contribution < -0.4 is 10.6 Å². The Morgan fingerprint density at radius 2 is 1.82 bits per heavy atom. The quantitative estimate of drug-likeness (QED) is 0.468. The molecule has 0 fully saturated rings. The van der Waals surface area contributed by atoms with E-state index in [4.69, 9.17) is 0 Å². The van der Waals surface area contributed by atoms with Gasteiger partial charge < -0.3 is 10.6 Å². The van der Waals surface area contributed by atoms with E-state index in [0.717, 1.165) is 14.4 Å². The van der Waals surface area contributed by atoms with Crippen LogP contribution in [0, 0.1) is 0 Å². The normalized spacial score (nSPS) is 10.5. The summed E-state index contributed by atoms with van der Waals surface area (Å²) >= 11 is 6.14. The van der Waals surface area contributed by atoms with Crippen molar-refractivity contribution in [1.82, 2.24) is 10.3 Å². The molecule has 3 rings (SSSR count). The average Bonchev–Trinajstić information content (AvgIpc) is 3.10. The lowest BCUT2D eigenvalue weighted by atomic mass is 10.1. The second-order valence-corrected chi connectivity index (χ2v) is 8.78. The van der Waals surface area contributed by atoms with Gasteiger partial charge in [-0.2, -0.15) is 0 Å². The van der Waals surface area contributed by atoms with Crippen molar-refractivity contribution in [2.45, 2.75) is 11.3 Å². The molecule has 0 bridgehead atoms. The number of carbonyl (C=O) groups excluding carboxylic acids is 2. The van der Waals surface area contributed by atoms with Gasteiger partial charge in [0.25, 0.3) is 5.91 Å². The fourth-order valence-corrected chi connectivity index (χ4v) is 4.79. The molecule has 8 heteroatoms. The number of nitrogens with one attached hydrogen (secondary N) is 2. The number of halogens is 1. The smallest absolute Gasteiger partial charge is 0.257 e. The van der Waals surface area contributed by atoms with Crippen molar-refractivity contribution < 1.29 is 9.59 Å². The molecule has 0 spiro atoms. The minimum atomic E-state index is -0.214. The first kappa shape index (κ1) is 20.6. The third-order valence-electron chi connectivity index (χ3n) is 3.70. The predicted octanol–water partition coefficient (Wildman–Crippen LogP) is 5.05. The summed E-state index contributed by atoms with van der Waals surface area (Å²) in [6, 6.07) is 16.9. The van der Waals surface area contributed by atoms with E-state index < -0.39 is 0 Å². The molecular weight excluding hydrogens is 458 g/mol. The largest absolute Gasteiger partial charge is 0.356 e. The van der Waals surface area contributed by atoms with Gasteiger partial charge >= 0.3 is 0 Å². The summed E-state index contributed by atoms with van der Waals surface area (Å²) in [7, 11) is 0. The Kier molecular flexibility index (Phi) is 7.24. The fourth-order valence-electron chi connectivity index (χ4n) is 2.43. The standard InChI is InChI=1S/C20H18BrN3O2S2/c1-2-22-16(25)12-27-20-23-17(13-8-4-3-5-9-13)19(28-20)24-18(26)14-10-6-7-11-15(14)21/h3-11H,2,12H2,1H3,(H,22,25)(H,24,26). The van der Waals surface area contributed by atoms with Gasteiger partial charge in [0.15, 0.2) is 4.34 Å². The first-order valence-corrected chi connectivity index (χ1v) is 11.2. The molecule has 0 aliphatic carbocycles. The lowest BCUT2D eigenvalue weighted by Gasteiger charge is -2.06. The van der Waals surface area contributed by atoms with Gasteiger partial charge in [-0.25, -0.2) is 4.98 Å². The van der Waals surface area contributed by atoms with Crippen molar-refractivity contribution in [2.24, 2.45) is 0 Å². The monoisotopic (exact) mass is 475 g/mol. The first-order chi connectivity index (χ1) is 13.6. The number of nitrogens with zero attached hydrogens (tertiary/aromatic N) is 1. The zero-order chi connectivity index (χ0) is 19.9. The summed E-state index contributed by atoms with van der Waals surface area (Å²) in [6.07, 6.45) is 0. The number of hydrogen-bond donors (Lipinski definition) is 2. The van der Waals surface area contributed by atoms with Crippen LogP contribution in [0.4, 0.5) is 5.00 Å². The minimum absolute atomic E-state index is 0.0391. The lowest BCUT2D eigenvalue weighted by molar-refractivity contribution is -0.118. The summed E-state index contributed by atoms with van der Waals surface area (Å²) in [5.74, 6) is 0.0315. The third-order valence-corrected chi connectivity index (χ3v) is 6.51. The maximum Gasteiger partial charge on any atom is 0.257 e. The van der Waals surface area contributed by atoms with Crippen LogP contribution >= 0.6 is 39.0 Å². The zero-order valence-electron chi connectivity index (χ0n) is 15.1. The van der Waals surface area contributed by atoms with Crippen LogP contribution in [-0.4, -0.2) is 29.1 Å². The fraction of sp³-hybridized carbons (Fsp3) is 0.150. The van der Waals surface area contributed by atoms with E-state index in [0.29, 0.717) is 22.8 Å². The van der Waals surface area contributed by atoms with Crippen LogP contribution in [0.5, 0.6) is 0 Å². The van der Waals surface area contributed by atoms with Gasteiger partial charge in [0.2, 0.25) is 5.91 Å². The molecule has 0 aliphatic rings. The maximum absolute atomic E-state index is 12.7. The lowest BCUT2D eigenvalue weighted by Crippen LogP contribution is -2.24. The molecule has 2 amide bonds. The van der Waals surface area contributed by atoms with Gasteiger partial charge in [0.05, 0.1) is 11.3 Å². The summed E-state index contributed by atoms with van der Waals surface area (Å²) in [4.78, 5) is 29.2. The Balaban J connectivity index is 1.86. The number of aromatic nitrogens is 1. The van der Waals surface area contributed by atoms with Crippen molar-refractivity contribution in [3.8, 4) is 11.3 Å². The topological polar surface area (TPSA) is 71.1 Å². The Morgan fingerprint density at radius 1 is 1.11 bits per heavy atom. The molecule has 28 heavy (non-hydrogen) atoms. The van der Waals surface area contributed by atoms with Crippen molar-refractivity contribution in [2.75, 3.05) is 17.6 Å². The highest BCUT2D eigenvalue weighted by Crippen LogP contribution is 2.38. The second kappa shape index (κ2) is 9.86. The van der Waals surface area contributed by atoms with E-state index in [2.05, 4.69) is 31.5 Å². The van der Waals surface area contributed by atoms with E-state index in [9.17, 15) is 9.59 Å². The van der Waals surface area contributed by atoms with E-state index >= 15 is 0 Å². The molecule has 0 unspecified atom stereocenters. The van der Waals surface area contributed by atoms with Gasteiger partial charge in [0.1, 0.15) is 10.7 Å². The highest BCUT2D eigenvalue weighted by Gasteiger charge is 2.18. The number of benzene rings is 2. The van der Waals surface area contributed by atoms with E-state index in [-0.39, 0.29) is 17.6 Å². The van der Waals surface area contributed by atoms with Crippen LogP contribution in [-0.2, 0) is 4.79 Å². The summed E-state index contributed by atoms with van der Waals surface area (Å²) < 4.78 is 1.46. The number of anilines is 1. The van der Waals surface area contributed by atoms with Gasteiger partial charge in [-0.3, -0.25) is 9.59 Å². The number of thioether (sulfide) groups is 1. The highest BCUT2D eigenvalue weighted by atomic mass is 79.9. The van der Waals surface area contributed by atoms with Gasteiger partial charge in [-0.1, -0.05) is 65.6 Å². The Morgan fingerprint density at radius 3 is 2.54 bits per heavy atom. The summed E-state index contributed by atoms with van der Waals surface area (Å²) in [5.41, 5.74) is 2.15. The Labute approximate surface area is 180 Å². The molecule has 5 nitrogen and oxygen atoms in total. The number of rotatable bonds is 7. The summed E-state index contributed by atoms with van der Waals surface area (Å²) in [5, 5.41) is 6.40. The Hall–Kier alpha value is -2.16. The van der Waals surface area contributed by atoms with Crippen LogP contribution in [0.3, 0.4) is 0 Å². The molecule has 2 aromatic carbocycles. The van der Waals surface area contributed by atoms with Gasteiger partial charge in [-0.05, 0) is 35.0 Å². The predicted molar refractivity (Wildman–Crippen MR) is 119 cm³/mol. The van der Waals surface area contributed by atoms with Crippen molar-refractivity contribution in [3.05, 3.63) is 64.6 Å². The number of hydrogen-bond acceptors (Lipinski definition) is 5. The van der Waals surface area contributed by atoms with E-state index in [1.165, 1.54) is 23.1 Å². The van der Waals surface area contributed by atoms with Crippen molar-refractivity contribution in [1.29, 1.82) is 0 Å². The minimum Gasteiger partial charge on any atom is -0.356 e. The molecule has 0 saturated carbocycles. The number of amides is 2. The molecule has 0 radical (unpaired) electrons. The molecule has 1 heterocycles. The number of thiazole rings is 1. The van der Waals surface area contributed by atoms with Crippen LogP contribution in [0.1, 0.15) is 17.3 Å². The maximum atomic E-state index is 12.7. The zero-order valence-corrected chi connectivity index (χ0v) is 18.3. The average molecular weight is 476 g/mol. The van der Waals surface area contributed by atoms with Gasteiger partial charge in [-0.15, -0.1) is 0 Å². The molecule has 3 aromatic rings. The highest BCUT2D eigenvalue weighted by molar-refractivity contribution is 9.10. The molecule has 0 saturated heterocycles. The summed E-state index contributed by atoms with van der Waals surface area (Å²) in [6.45, 7) is 2.48. The van der Waals surface area contributed by atoms with Crippen molar-refractivity contribution >= 4 is 55.8 Å². The van der Waals surface area contributed by atoms with Crippen LogP contribution in [0.15, 0.2) is 63.4 Å². The SMILES string of the molecule is CCNC(=O)CSc1nc(-c2ccccc2)c(NC(=O)c2ccccc2Br)s1. The van der Waals surface area contributed by atoms with E-state index in [1.54, 1.807) is 6.07 Å². The van der Waals surface area contributed by atoms with Crippen molar-refractivity contribution in [3.63, 3.8) is 0 Å². The molecule has 144 valence electrons. The molecular formula is C20H18BrN3O2S2. The van der Waals surface area contributed by atoms with E-state index in [1.807, 2.05) is 55.5 Å². The first-order valence-electron chi connectivity index (χ1n) is 8.60. The number of carbonyl (C=O) groups is 2. The third kappa shape index (κ3) is 5.21. The Bertz CT molecular complexity index is 977. The molecule has 0 aliphatic heterocycles. The van der Waals surface area contributed by atoms with Crippen LogP contribution in [0.2, 0.25) is 0 Å². The van der Waals surface area contributed by atoms with Crippen LogP contribution in [0.25, 0.3) is 11.3 Å².